The van der Waals surface area contributed by atoms with Gasteiger partial charge in [-0.25, -0.2) is 0 Å². The number of hydrogen-bond acceptors (Lipinski definition) is 7. The second-order valence-electron chi connectivity index (χ2n) is 9.33. The normalized spacial score (nSPS) is 15.7. The van der Waals surface area contributed by atoms with Crippen molar-refractivity contribution < 1.29 is 28.5 Å². The molecule has 0 aliphatic carbocycles. The van der Waals surface area contributed by atoms with Crippen molar-refractivity contribution in [1.82, 2.24) is 4.90 Å². The van der Waals surface area contributed by atoms with E-state index in [4.69, 9.17) is 23.7 Å². The molecule has 0 N–H and O–H groups in total. The van der Waals surface area contributed by atoms with Crippen LogP contribution in [0, 0.1) is 0 Å². The van der Waals surface area contributed by atoms with Crippen LogP contribution < -0.4 is 14.2 Å². The molecular weight excluding hydrogens is 482 g/mol. The largest absolute Gasteiger partial charge is 0.497 e. The first-order chi connectivity index (χ1) is 18.5. The zero-order valence-electron chi connectivity index (χ0n) is 22.6. The van der Waals surface area contributed by atoms with Gasteiger partial charge in [0.05, 0.1) is 41.5 Å². The van der Waals surface area contributed by atoms with Crippen LogP contribution in [0.1, 0.15) is 36.0 Å². The molecule has 0 aromatic heterocycles. The molecule has 202 valence electrons. The number of rotatable bonds is 12. The zero-order chi connectivity index (χ0) is 27.0. The Morgan fingerprint density at radius 3 is 1.61 bits per heavy atom. The molecule has 7 heteroatoms. The first-order valence-electron chi connectivity index (χ1n) is 12.9. The average molecular weight is 520 g/mol. The molecule has 38 heavy (non-hydrogen) atoms. The molecule has 1 heterocycles. The van der Waals surface area contributed by atoms with E-state index in [1.54, 1.807) is 21.3 Å². The summed E-state index contributed by atoms with van der Waals surface area (Å²) in [7, 11) is 6.42. The molecule has 1 aliphatic rings. The van der Waals surface area contributed by atoms with Crippen molar-refractivity contribution in [3.63, 3.8) is 0 Å². The summed E-state index contributed by atoms with van der Waals surface area (Å²) in [5.41, 5.74) is 2.02. The Kier molecular flexibility index (Phi) is 9.26. The van der Waals surface area contributed by atoms with Crippen LogP contribution in [0.2, 0.25) is 0 Å². The molecular formula is C31H37NO6. The van der Waals surface area contributed by atoms with Gasteiger partial charge in [0.1, 0.15) is 22.8 Å². The molecule has 1 fully saturated rings. The van der Waals surface area contributed by atoms with Crippen LogP contribution in [0.5, 0.6) is 17.2 Å². The van der Waals surface area contributed by atoms with Crippen LogP contribution in [0.4, 0.5) is 0 Å². The fourth-order valence-electron chi connectivity index (χ4n) is 5.24. The van der Waals surface area contributed by atoms with Gasteiger partial charge in [-0.05, 0) is 72.5 Å². The van der Waals surface area contributed by atoms with E-state index < -0.39 is 5.60 Å². The van der Waals surface area contributed by atoms with Crippen LogP contribution in [0.25, 0.3) is 0 Å². The van der Waals surface area contributed by atoms with Gasteiger partial charge < -0.3 is 23.7 Å². The summed E-state index contributed by atoms with van der Waals surface area (Å²) in [6, 6.07) is 24.1. The lowest BCUT2D eigenvalue weighted by Gasteiger charge is -2.37. The van der Waals surface area contributed by atoms with Crippen molar-refractivity contribution >= 4 is 5.97 Å². The highest BCUT2D eigenvalue weighted by Gasteiger charge is 2.38. The van der Waals surface area contributed by atoms with E-state index in [2.05, 4.69) is 4.90 Å². The maximum atomic E-state index is 11.9. The van der Waals surface area contributed by atoms with Gasteiger partial charge >= 0.3 is 5.97 Å². The van der Waals surface area contributed by atoms with Gasteiger partial charge in [0.2, 0.25) is 0 Å². The predicted molar refractivity (Wildman–Crippen MR) is 146 cm³/mol. The lowest BCUT2D eigenvalue weighted by atomic mass is 9.80. The molecule has 0 amide bonds. The number of hydrogen-bond donors (Lipinski definition) is 0. The van der Waals surface area contributed by atoms with Crippen LogP contribution in [-0.2, 0) is 19.9 Å². The molecule has 0 radical (unpaired) electrons. The lowest BCUT2D eigenvalue weighted by molar-refractivity contribution is -0.141. The van der Waals surface area contributed by atoms with E-state index in [0.29, 0.717) is 19.6 Å². The van der Waals surface area contributed by atoms with E-state index >= 15 is 0 Å². The van der Waals surface area contributed by atoms with E-state index in [1.807, 2.05) is 72.8 Å². The first kappa shape index (κ1) is 27.5. The highest BCUT2D eigenvalue weighted by molar-refractivity contribution is 5.70. The Labute approximate surface area is 225 Å². The van der Waals surface area contributed by atoms with E-state index in [0.717, 1.165) is 53.3 Å². The number of likely N-dealkylation sites (tertiary alicyclic amines) is 1. The highest BCUT2D eigenvalue weighted by atomic mass is 16.5. The molecule has 0 bridgehead atoms. The molecule has 0 spiro atoms. The Bertz CT molecular complexity index is 1040. The summed E-state index contributed by atoms with van der Waals surface area (Å²) in [6.07, 6.45) is 2.44. The number of benzene rings is 3. The monoisotopic (exact) mass is 519 g/mol. The number of carbonyl (C=O) groups is 1. The predicted octanol–water partition coefficient (Wildman–Crippen LogP) is 5.05. The second kappa shape index (κ2) is 12.8. The summed E-state index contributed by atoms with van der Waals surface area (Å²) in [5.74, 6) is 2.14. The standard InChI is InChI=1S/C31H37NO6/c1-34-27-13-7-23(8-14-27)31(24-9-15-28(35-2)16-10-24,25-11-17-29(36-3)18-12-25)38-21-20-32-19-5-6-26(32)22-30(33)37-4/h7-18,26H,5-6,19-22H2,1-4H3/t26-/m0/s1. The fourth-order valence-corrected chi connectivity index (χ4v) is 5.24. The summed E-state index contributed by atoms with van der Waals surface area (Å²) in [6.45, 7) is 2.10. The third-order valence-electron chi connectivity index (χ3n) is 7.32. The Hall–Kier alpha value is -3.55. The summed E-state index contributed by atoms with van der Waals surface area (Å²) in [4.78, 5) is 14.3. The second-order valence-corrected chi connectivity index (χ2v) is 9.33. The third-order valence-corrected chi connectivity index (χ3v) is 7.32. The van der Waals surface area contributed by atoms with Gasteiger partial charge in [-0.2, -0.15) is 0 Å². The molecule has 1 saturated heterocycles. The molecule has 0 saturated carbocycles. The Morgan fingerprint density at radius 2 is 1.21 bits per heavy atom. The Morgan fingerprint density at radius 1 is 0.763 bits per heavy atom. The third kappa shape index (κ3) is 5.95. The molecule has 3 aromatic rings. The van der Waals surface area contributed by atoms with Gasteiger partial charge in [0.15, 0.2) is 0 Å². The number of methoxy groups -OCH3 is 4. The molecule has 7 nitrogen and oxygen atoms in total. The minimum atomic E-state index is -0.900. The quantitative estimate of drug-likeness (QED) is 0.245. The zero-order valence-corrected chi connectivity index (χ0v) is 22.6. The van der Waals surface area contributed by atoms with Gasteiger partial charge in [-0.15, -0.1) is 0 Å². The Balaban J connectivity index is 1.73. The number of esters is 1. The fraction of sp³-hybridized carbons (Fsp3) is 0.387. The van der Waals surface area contributed by atoms with Crippen LogP contribution >= 0.6 is 0 Å². The SMILES string of the molecule is COC(=O)C[C@@H]1CCCN1CCOC(c1ccc(OC)cc1)(c1ccc(OC)cc1)c1ccc(OC)cc1. The van der Waals surface area contributed by atoms with E-state index in [-0.39, 0.29) is 12.0 Å². The first-order valence-corrected chi connectivity index (χ1v) is 12.9. The maximum absolute atomic E-state index is 11.9. The van der Waals surface area contributed by atoms with E-state index in [1.165, 1.54) is 7.11 Å². The minimum absolute atomic E-state index is 0.170. The van der Waals surface area contributed by atoms with Crippen molar-refractivity contribution in [3.05, 3.63) is 89.5 Å². The summed E-state index contributed by atoms with van der Waals surface area (Å²) < 4.78 is 28.2. The highest BCUT2D eigenvalue weighted by Crippen LogP contribution is 2.42. The van der Waals surface area contributed by atoms with Crippen LogP contribution in [0.3, 0.4) is 0 Å². The van der Waals surface area contributed by atoms with Crippen molar-refractivity contribution in [2.75, 3.05) is 48.1 Å². The van der Waals surface area contributed by atoms with Crippen molar-refractivity contribution in [2.24, 2.45) is 0 Å². The van der Waals surface area contributed by atoms with Crippen molar-refractivity contribution in [3.8, 4) is 17.2 Å². The average Bonchev–Trinajstić information content (AvgIpc) is 3.42. The number of ether oxygens (including phenoxy) is 5. The maximum Gasteiger partial charge on any atom is 0.307 e. The summed E-state index contributed by atoms with van der Waals surface area (Å²) in [5, 5.41) is 0. The minimum Gasteiger partial charge on any atom is -0.497 e. The molecule has 1 aliphatic heterocycles. The molecule has 3 aromatic carbocycles. The topological polar surface area (TPSA) is 66.5 Å². The van der Waals surface area contributed by atoms with Gasteiger partial charge in [-0.1, -0.05) is 36.4 Å². The van der Waals surface area contributed by atoms with Crippen molar-refractivity contribution in [2.45, 2.75) is 30.9 Å². The lowest BCUT2D eigenvalue weighted by Crippen LogP contribution is -2.38. The van der Waals surface area contributed by atoms with Gasteiger partial charge in [0.25, 0.3) is 0 Å². The van der Waals surface area contributed by atoms with Crippen LogP contribution in [-0.4, -0.2) is 65.0 Å². The van der Waals surface area contributed by atoms with Gasteiger partial charge in [0, 0.05) is 12.6 Å². The molecule has 1 atom stereocenters. The van der Waals surface area contributed by atoms with Gasteiger partial charge in [-0.3, -0.25) is 9.69 Å². The number of nitrogens with zero attached hydrogens (tertiary/aromatic N) is 1. The molecule has 0 unspecified atom stereocenters. The number of carbonyl (C=O) groups excluding carboxylic acids is 1. The van der Waals surface area contributed by atoms with Crippen molar-refractivity contribution in [1.29, 1.82) is 0 Å². The molecule has 4 rings (SSSR count). The smallest absolute Gasteiger partial charge is 0.307 e. The summed E-state index contributed by atoms with van der Waals surface area (Å²) >= 11 is 0. The van der Waals surface area contributed by atoms with E-state index in [9.17, 15) is 4.79 Å². The van der Waals surface area contributed by atoms with Crippen LogP contribution in [0.15, 0.2) is 72.8 Å².